The summed E-state index contributed by atoms with van der Waals surface area (Å²) in [4.78, 5) is 23.3. The Bertz CT molecular complexity index is 3750. The number of hydrogen-bond donors (Lipinski definition) is 1. The zero-order valence-electron chi connectivity index (χ0n) is 54.1. The van der Waals surface area contributed by atoms with E-state index in [1.165, 1.54) is 44.5 Å². The van der Waals surface area contributed by atoms with Crippen molar-refractivity contribution >= 4 is 46.0 Å². The van der Waals surface area contributed by atoms with Gasteiger partial charge in [-0.2, -0.15) is 0 Å². The summed E-state index contributed by atoms with van der Waals surface area (Å²) < 4.78 is 0. The number of benzene rings is 4. The van der Waals surface area contributed by atoms with Gasteiger partial charge in [-0.1, -0.05) is 263 Å². The van der Waals surface area contributed by atoms with Crippen molar-refractivity contribution in [2.45, 2.75) is 209 Å². The van der Waals surface area contributed by atoms with Crippen LogP contribution in [-0.4, -0.2) is 9.97 Å². The number of rotatable bonds is 4. The molecule has 2 N–H and O–H groups in total. The second-order valence-corrected chi connectivity index (χ2v) is 31.8. The van der Waals surface area contributed by atoms with Gasteiger partial charge in [-0.3, -0.25) is 0 Å². The summed E-state index contributed by atoms with van der Waals surface area (Å²) in [6, 6.07) is 37.2. The Labute approximate surface area is 504 Å². The molecule has 4 aromatic carbocycles. The zero-order valence-corrected chi connectivity index (χ0v) is 55.1. The molecule has 5 nitrogen and oxygen atoms in total. The minimum atomic E-state index is -0.149. The average molecular weight is 1140 g/mol. The molecule has 433 valence electrons. The summed E-state index contributed by atoms with van der Waals surface area (Å²) in [5.41, 5.74) is 31.5. The normalized spacial score (nSPS) is 13.8. The second kappa shape index (κ2) is 20.8. The van der Waals surface area contributed by atoms with Crippen molar-refractivity contribution in [3.8, 4) is 44.5 Å². The number of nitrogens with zero attached hydrogens (tertiary/aromatic N) is 4. The van der Waals surface area contributed by atoms with Crippen LogP contribution in [0.3, 0.4) is 0 Å². The van der Waals surface area contributed by atoms with Gasteiger partial charge >= 0.3 is 17.1 Å². The zero-order chi connectivity index (χ0) is 59.7. The molecule has 7 aromatic rings. The van der Waals surface area contributed by atoms with Crippen LogP contribution >= 0.6 is 0 Å². The number of nitrogens with two attached hydrogens (primary N) is 1. The first-order chi connectivity index (χ1) is 37.1. The van der Waals surface area contributed by atoms with Crippen molar-refractivity contribution in [3.63, 3.8) is 0 Å². The maximum atomic E-state index is 7.56. The summed E-state index contributed by atoms with van der Waals surface area (Å²) >= 11 is 0. The molecule has 0 unspecified atom stereocenters. The van der Waals surface area contributed by atoms with Gasteiger partial charge in [-0.15, -0.1) is 22.1 Å². The smallest absolute Gasteiger partial charge is 0.657 e. The third kappa shape index (κ3) is 12.5. The van der Waals surface area contributed by atoms with Crippen LogP contribution in [0.15, 0.2) is 97.1 Å². The number of fused-ring (bicyclic) bond motifs is 8. The minimum Gasteiger partial charge on any atom is -0.657 e. The Balaban J connectivity index is 0.00000880. The van der Waals surface area contributed by atoms with Gasteiger partial charge in [-0.25, -0.2) is 9.97 Å². The predicted molar refractivity (Wildman–Crippen MR) is 351 cm³/mol. The summed E-state index contributed by atoms with van der Waals surface area (Å²) in [5.74, 6) is 0. The summed E-state index contributed by atoms with van der Waals surface area (Å²) in [7, 11) is 0. The van der Waals surface area contributed by atoms with E-state index in [-0.39, 0.29) is 60.4 Å². The van der Waals surface area contributed by atoms with Crippen LogP contribution in [0.5, 0.6) is 0 Å². The van der Waals surface area contributed by atoms with Gasteiger partial charge in [0.15, 0.2) is 0 Å². The van der Waals surface area contributed by atoms with Crippen molar-refractivity contribution in [3.05, 3.63) is 164 Å². The van der Waals surface area contributed by atoms with Crippen molar-refractivity contribution < 1.29 is 17.1 Å². The van der Waals surface area contributed by atoms with E-state index >= 15 is 0 Å². The third-order valence-corrected chi connectivity index (χ3v) is 16.6. The van der Waals surface area contributed by atoms with E-state index < -0.39 is 0 Å². The topological polar surface area (TPSA) is 80.0 Å². The molecule has 0 saturated carbocycles. The first-order valence-corrected chi connectivity index (χ1v) is 29.6. The summed E-state index contributed by atoms with van der Waals surface area (Å²) in [6.07, 6.45) is 6.50. The third-order valence-electron chi connectivity index (χ3n) is 16.6. The van der Waals surface area contributed by atoms with Gasteiger partial charge < -0.3 is 15.7 Å². The molecule has 82 heavy (non-hydrogen) atoms. The Morgan fingerprint density at radius 2 is 0.512 bits per heavy atom. The molecule has 2 aliphatic heterocycles. The summed E-state index contributed by atoms with van der Waals surface area (Å²) in [6.45, 7) is 55.2. The minimum absolute atomic E-state index is 0. The average Bonchev–Trinajstić information content (AvgIpc) is 4.27. The predicted octanol–water partition coefficient (Wildman–Crippen LogP) is 20.2. The standard InChI is InChI=1S/C76H93N5.Cu/c1-69(2,3)48-31-44(32-49(39-48)70(4,5)6)64-57-25-26-58(78-57)65(45-33-50(71(7,8)9)40-51(34-45)72(10,11)12)60-29-30-62(80-60)67(47-37-54(75(19,20)21)42-55(38-47)76(22,23)24)68-56(77)43-63(81-68)66(61-28-27-59(64)79-61)46-35-52(73(13,14)15)41-53(36-46)74(16,17)18;/h25-43H,77H2,1-24H3;/q-2;+2. The van der Waals surface area contributed by atoms with Crippen molar-refractivity contribution in [2.75, 3.05) is 0 Å². The first-order valence-electron chi connectivity index (χ1n) is 29.6. The van der Waals surface area contributed by atoms with E-state index in [0.717, 1.165) is 83.7 Å². The molecule has 6 heteroatoms. The first kappa shape index (κ1) is 61.9. The van der Waals surface area contributed by atoms with Crippen LogP contribution in [0.2, 0.25) is 0 Å². The summed E-state index contributed by atoms with van der Waals surface area (Å²) in [5, 5.41) is 0. The van der Waals surface area contributed by atoms with Crippen LogP contribution in [-0.2, 0) is 60.4 Å². The Hall–Kier alpha value is -6.20. The number of aromatic nitrogens is 4. The van der Waals surface area contributed by atoms with Gasteiger partial charge in [0.25, 0.3) is 0 Å². The van der Waals surface area contributed by atoms with Gasteiger partial charge in [-0.05, 0) is 151 Å². The van der Waals surface area contributed by atoms with E-state index in [2.05, 4.69) is 281 Å². The Morgan fingerprint density at radius 3 is 0.756 bits per heavy atom. The molecule has 2 aliphatic rings. The quantitative estimate of drug-likeness (QED) is 0.178. The van der Waals surface area contributed by atoms with Crippen molar-refractivity contribution in [1.29, 1.82) is 0 Å². The monoisotopic (exact) mass is 1140 g/mol. The van der Waals surface area contributed by atoms with Crippen molar-refractivity contribution in [2.24, 2.45) is 5.73 Å². The van der Waals surface area contributed by atoms with E-state index in [1.54, 1.807) is 0 Å². The fourth-order valence-corrected chi connectivity index (χ4v) is 10.9. The van der Waals surface area contributed by atoms with Crippen LogP contribution in [0, 0.1) is 0 Å². The molecule has 0 atom stereocenters. The van der Waals surface area contributed by atoms with Gasteiger partial charge in [0, 0.05) is 0 Å². The van der Waals surface area contributed by atoms with Crippen molar-refractivity contribution in [1.82, 2.24) is 19.9 Å². The Morgan fingerprint density at radius 1 is 0.293 bits per heavy atom. The van der Waals surface area contributed by atoms with Gasteiger partial charge in [0.1, 0.15) is 0 Å². The molecular formula is C76H93CuN5. The molecule has 0 saturated heterocycles. The number of hydrogen-bond acceptors (Lipinski definition) is 3. The van der Waals surface area contributed by atoms with E-state index in [0.29, 0.717) is 11.4 Å². The molecule has 9 rings (SSSR count). The van der Waals surface area contributed by atoms with Crippen LogP contribution in [0.1, 0.15) is 233 Å². The molecule has 5 heterocycles. The molecule has 3 aromatic heterocycles. The largest absolute Gasteiger partial charge is 2.00 e. The van der Waals surface area contributed by atoms with Crippen LogP contribution in [0.4, 0.5) is 0 Å². The molecule has 0 fully saturated rings. The van der Waals surface area contributed by atoms with Crippen LogP contribution < -0.4 is 15.7 Å². The maximum absolute atomic E-state index is 7.56. The fraction of sp³-hybridized carbons (Fsp3) is 0.421. The second-order valence-electron chi connectivity index (χ2n) is 31.8. The van der Waals surface area contributed by atoms with E-state index in [1.807, 2.05) is 0 Å². The fourth-order valence-electron chi connectivity index (χ4n) is 10.9. The molecular weight excluding hydrogens is 1050 g/mol. The molecule has 0 amide bonds. The molecule has 0 spiro atoms. The van der Waals surface area contributed by atoms with E-state index in [9.17, 15) is 0 Å². The molecule has 8 bridgehead atoms. The SMILES string of the molecule is CC(C)(C)c1cc(-c2c3nc(c(-c4cc(C(C)(C)C)cc(C(C)(C)C)c4)c4ccc([n-]4)c(-c4cc(C(C)(C)C)cc(C(C)(C)C)c4)c4nc(c(-c5cc(C(C)(C)C)cc(C(C)(C)C)c5)c5ccc2[n-]5)C=C4N)C=C3)cc(C(C)(C)C)c1.[Cu+2]. The molecule has 1 radical (unpaired) electrons. The van der Waals surface area contributed by atoms with Gasteiger partial charge in [0.05, 0.1) is 28.5 Å². The maximum Gasteiger partial charge on any atom is 2.00 e. The van der Waals surface area contributed by atoms with Gasteiger partial charge in [0.2, 0.25) is 0 Å². The van der Waals surface area contributed by atoms with E-state index in [4.69, 9.17) is 25.7 Å². The van der Waals surface area contributed by atoms with Crippen LogP contribution in [0.25, 0.3) is 90.5 Å². The Kier molecular flexibility index (Phi) is 15.7. The molecule has 0 aliphatic carbocycles.